The van der Waals surface area contributed by atoms with Crippen LogP contribution in [0.1, 0.15) is 25.7 Å². The van der Waals surface area contributed by atoms with Crippen molar-refractivity contribution < 1.29 is 0 Å². The molecule has 0 aromatic carbocycles. The van der Waals surface area contributed by atoms with Crippen molar-refractivity contribution in [3.8, 4) is 0 Å². The number of aromatic nitrogens is 1. The molecule has 0 spiro atoms. The average Bonchev–Trinajstić information content (AvgIpc) is 2.25. The van der Waals surface area contributed by atoms with Gasteiger partial charge in [0.25, 0.3) is 0 Å². The number of nitrogens with one attached hydrogen (secondary N) is 1. The zero-order valence-corrected chi connectivity index (χ0v) is 10.2. The molecular formula is C11H16BrN3. The molecule has 1 aliphatic rings. The predicted molar refractivity (Wildman–Crippen MR) is 65.8 cm³/mol. The van der Waals surface area contributed by atoms with Gasteiger partial charge in [0.15, 0.2) is 0 Å². The molecule has 15 heavy (non-hydrogen) atoms. The fourth-order valence-corrected chi connectivity index (χ4v) is 2.34. The Kier molecular flexibility index (Phi) is 3.59. The van der Waals surface area contributed by atoms with Crippen LogP contribution in [0.4, 0.5) is 5.69 Å². The molecule has 82 valence electrons. The Labute approximate surface area is 98.6 Å². The van der Waals surface area contributed by atoms with Crippen molar-refractivity contribution in [1.82, 2.24) is 4.98 Å². The SMILES string of the molecule is NC1CCC(Nc2cccnc2Br)CC1. The summed E-state index contributed by atoms with van der Waals surface area (Å²) in [6.07, 6.45) is 6.34. The molecule has 1 aliphatic carbocycles. The molecule has 0 amide bonds. The largest absolute Gasteiger partial charge is 0.380 e. The minimum atomic E-state index is 0.403. The van der Waals surface area contributed by atoms with Crippen LogP contribution in [0.5, 0.6) is 0 Å². The van der Waals surface area contributed by atoms with Crippen molar-refractivity contribution in [2.24, 2.45) is 5.73 Å². The van der Waals surface area contributed by atoms with Crippen molar-refractivity contribution >= 4 is 21.6 Å². The van der Waals surface area contributed by atoms with Crippen LogP contribution in [0.3, 0.4) is 0 Å². The minimum absolute atomic E-state index is 0.403. The molecule has 1 aromatic heterocycles. The first-order valence-corrected chi connectivity index (χ1v) is 6.17. The van der Waals surface area contributed by atoms with Gasteiger partial charge in [-0.15, -0.1) is 0 Å². The summed E-state index contributed by atoms with van der Waals surface area (Å²) in [5, 5.41) is 3.50. The Morgan fingerprint density at radius 3 is 2.73 bits per heavy atom. The Morgan fingerprint density at radius 1 is 1.33 bits per heavy atom. The molecule has 4 heteroatoms. The van der Waals surface area contributed by atoms with E-state index in [1.54, 1.807) is 6.20 Å². The fraction of sp³-hybridized carbons (Fsp3) is 0.545. The van der Waals surface area contributed by atoms with Gasteiger partial charge in [-0.3, -0.25) is 0 Å². The zero-order valence-electron chi connectivity index (χ0n) is 8.62. The quantitative estimate of drug-likeness (QED) is 0.812. The molecule has 3 nitrogen and oxygen atoms in total. The number of rotatable bonds is 2. The zero-order chi connectivity index (χ0) is 10.7. The van der Waals surface area contributed by atoms with Crippen LogP contribution in [0.25, 0.3) is 0 Å². The van der Waals surface area contributed by atoms with Crippen molar-refractivity contribution in [3.63, 3.8) is 0 Å². The normalized spacial score (nSPS) is 26.3. The first-order valence-electron chi connectivity index (χ1n) is 5.38. The third-order valence-corrected chi connectivity index (χ3v) is 3.52. The van der Waals surface area contributed by atoms with Crippen LogP contribution in [0.2, 0.25) is 0 Å². The van der Waals surface area contributed by atoms with Crippen molar-refractivity contribution in [2.45, 2.75) is 37.8 Å². The Hall–Kier alpha value is -0.610. The first-order chi connectivity index (χ1) is 7.25. The van der Waals surface area contributed by atoms with Gasteiger partial charge in [-0.05, 0) is 53.7 Å². The molecule has 0 bridgehead atoms. The molecule has 1 aromatic rings. The van der Waals surface area contributed by atoms with E-state index in [2.05, 4.69) is 26.2 Å². The molecule has 3 N–H and O–H groups in total. The van der Waals surface area contributed by atoms with Gasteiger partial charge in [0.2, 0.25) is 0 Å². The number of pyridine rings is 1. The second kappa shape index (κ2) is 4.94. The van der Waals surface area contributed by atoms with Gasteiger partial charge in [-0.2, -0.15) is 0 Å². The smallest absolute Gasteiger partial charge is 0.129 e. The van der Waals surface area contributed by atoms with E-state index in [1.807, 2.05) is 12.1 Å². The molecule has 1 heterocycles. The van der Waals surface area contributed by atoms with E-state index >= 15 is 0 Å². The third kappa shape index (κ3) is 2.92. The summed E-state index contributed by atoms with van der Waals surface area (Å²) in [5.41, 5.74) is 6.95. The van der Waals surface area contributed by atoms with Crippen molar-refractivity contribution in [1.29, 1.82) is 0 Å². The maximum absolute atomic E-state index is 5.87. The summed E-state index contributed by atoms with van der Waals surface area (Å²) in [4.78, 5) is 4.19. The number of hydrogen-bond acceptors (Lipinski definition) is 3. The van der Waals surface area contributed by atoms with Crippen LogP contribution in [-0.2, 0) is 0 Å². The van der Waals surface area contributed by atoms with E-state index in [0.29, 0.717) is 12.1 Å². The minimum Gasteiger partial charge on any atom is -0.380 e. The predicted octanol–water partition coefficient (Wildman–Crippen LogP) is 2.53. The van der Waals surface area contributed by atoms with E-state index < -0.39 is 0 Å². The highest BCUT2D eigenvalue weighted by Gasteiger charge is 2.18. The monoisotopic (exact) mass is 269 g/mol. The molecule has 2 rings (SSSR count). The fourth-order valence-electron chi connectivity index (χ4n) is 1.98. The Bertz CT molecular complexity index is 321. The second-order valence-electron chi connectivity index (χ2n) is 4.10. The van der Waals surface area contributed by atoms with Crippen LogP contribution in [0.15, 0.2) is 22.9 Å². The highest BCUT2D eigenvalue weighted by atomic mass is 79.9. The van der Waals surface area contributed by atoms with Crippen LogP contribution in [-0.4, -0.2) is 17.1 Å². The second-order valence-corrected chi connectivity index (χ2v) is 4.85. The van der Waals surface area contributed by atoms with Crippen molar-refractivity contribution in [2.75, 3.05) is 5.32 Å². The van der Waals surface area contributed by atoms with Crippen LogP contribution < -0.4 is 11.1 Å². The van der Waals surface area contributed by atoms with E-state index in [1.165, 1.54) is 0 Å². The molecule has 0 radical (unpaired) electrons. The highest BCUT2D eigenvalue weighted by Crippen LogP contribution is 2.24. The summed E-state index contributed by atoms with van der Waals surface area (Å²) >= 11 is 3.44. The van der Waals surface area contributed by atoms with Crippen LogP contribution >= 0.6 is 15.9 Å². The molecular weight excluding hydrogens is 254 g/mol. The maximum atomic E-state index is 5.87. The van der Waals surface area contributed by atoms with Gasteiger partial charge in [0, 0.05) is 18.3 Å². The van der Waals surface area contributed by atoms with Crippen LogP contribution in [0, 0.1) is 0 Å². The van der Waals surface area contributed by atoms with Gasteiger partial charge in [-0.25, -0.2) is 4.98 Å². The van der Waals surface area contributed by atoms with E-state index in [4.69, 9.17) is 5.73 Å². The van der Waals surface area contributed by atoms with Gasteiger partial charge >= 0.3 is 0 Å². The summed E-state index contributed by atoms with van der Waals surface area (Å²) < 4.78 is 0.889. The lowest BCUT2D eigenvalue weighted by Gasteiger charge is -2.27. The average molecular weight is 270 g/mol. The highest BCUT2D eigenvalue weighted by molar-refractivity contribution is 9.10. The maximum Gasteiger partial charge on any atom is 0.129 e. The Balaban J connectivity index is 1.95. The van der Waals surface area contributed by atoms with Gasteiger partial charge in [0.1, 0.15) is 4.60 Å². The van der Waals surface area contributed by atoms with E-state index in [-0.39, 0.29) is 0 Å². The lowest BCUT2D eigenvalue weighted by molar-refractivity contribution is 0.411. The molecule has 0 atom stereocenters. The lowest BCUT2D eigenvalue weighted by atomic mass is 9.92. The number of nitrogens with zero attached hydrogens (tertiary/aromatic N) is 1. The third-order valence-electron chi connectivity index (χ3n) is 2.89. The summed E-state index contributed by atoms with van der Waals surface area (Å²) in [6, 6.07) is 4.94. The summed E-state index contributed by atoms with van der Waals surface area (Å²) in [6.45, 7) is 0. The summed E-state index contributed by atoms with van der Waals surface area (Å²) in [7, 11) is 0. The van der Waals surface area contributed by atoms with Gasteiger partial charge in [-0.1, -0.05) is 0 Å². The molecule has 0 saturated heterocycles. The summed E-state index contributed by atoms with van der Waals surface area (Å²) in [5.74, 6) is 0. The van der Waals surface area contributed by atoms with Gasteiger partial charge in [0.05, 0.1) is 5.69 Å². The number of nitrogens with two attached hydrogens (primary N) is 1. The Morgan fingerprint density at radius 2 is 2.07 bits per heavy atom. The molecule has 1 saturated carbocycles. The topological polar surface area (TPSA) is 50.9 Å². The lowest BCUT2D eigenvalue weighted by Crippen LogP contribution is -2.32. The number of hydrogen-bond donors (Lipinski definition) is 2. The molecule has 1 fully saturated rings. The number of halogens is 1. The van der Waals surface area contributed by atoms with E-state index in [9.17, 15) is 0 Å². The van der Waals surface area contributed by atoms with Gasteiger partial charge < -0.3 is 11.1 Å². The van der Waals surface area contributed by atoms with E-state index in [0.717, 1.165) is 36.0 Å². The number of anilines is 1. The molecule has 0 aliphatic heterocycles. The first kappa shape index (κ1) is 10.9. The molecule has 0 unspecified atom stereocenters. The standard InChI is InChI=1S/C11H16BrN3/c12-11-10(2-1-7-14-11)15-9-5-3-8(13)4-6-9/h1-2,7-9,15H,3-6,13H2. The van der Waals surface area contributed by atoms with Crippen molar-refractivity contribution in [3.05, 3.63) is 22.9 Å².